The van der Waals surface area contributed by atoms with Crippen LogP contribution in [-0.2, 0) is 14.8 Å². The summed E-state index contributed by atoms with van der Waals surface area (Å²) in [6.07, 6.45) is 1.24. The minimum absolute atomic E-state index is 0.0980. The highest BCUT2D eigenvalue weighted by molar-refractivity contribution is 7.89. The van der Waals surface area contributed by atoms with Gasteiger partial charge in [0.05, 0.1) is 23.0 Å². The molecule has 0 radical (unpaired) electrons. The van der Waals surface area contributed by atoms with Crippen LogP contribution in [0.2, 0.25) is 0 Å². The summed E-state index contributed by atoms with van der Waals surface area (Å²) in [6, 6.07) is 7.43. The molecule has 2 aromatic heterocycles. The number of H-pyrrole nitrogens is 1. The number of fused-ring (bicyclic) bond motifs is 1. The molecule has 0 bridgehead atoms. The minimum Gasteiger partial charge on any atom is -0.360 e. The van der Waals surface area contributed by atoms with E-state index in [0.717, 1.165) is 11.0 Å². The summed E-state index contributed by atoms with van der Waals surface area (Å²) >= 11 is 0. The molecule has 1 unspecified atom stereocenters. The molecule has 1 amide bonds. The van der Waals surface area contributed by atoms with E-state index in [9.17, 15) is 13.2 Å². The maximum atomic E-state index is 13.2. The molecule has 4 rings (SSSR count). The molecule has 3 heterocycles. The Hall–Kier alpha value is -2.72. The van der Waals surface area contributed by atoms with E-state index >= 15 is 0 Å². The molecule has 1 fully saturated rings. The highest BCUT2D eigenvalue weighted by Gasteiger charge is 2.37. The van der Waals surface area contributed by atoms with Gasteiger partial charge in [-0.1, -0.05) is 31.1 Å². The van der Waals surface area contributed by atoms with E-state index in [1.807, 2.05) is 38.1 Å². The Labute approximate surface area is 187 Å². The highest BCUT2D eigenvalue weighted by Crippen LogP contribution is 2.29. The number of aromatic amines is 1. The van der Waals surface area contributed by atoms with E-state index < -0.39 is 15.9 Å². The number of sulfonamides is 1. The first-order valence-electron chi connectivity index (χ1n) is 10.9. The number of hydrogen-bond donors (Lipinski definition) is 2. The molecule has 0 aliphatic carbocycles. The van der Waals surface area contributed by atoms with Crippen LogP contribution in [0, 0.1) is 25.7 Å². The number of amides is 1. The number of rotatable bonds is 6. The summed E-state index contributed by atoms with van der Waals surface area (Å²) < 4.78 is 32.8. The minimum atomic E-state index is -3.78. The lowest BCUT2D eigenvalue weighted by atomic mass is 9.96. The van der Waals surface area contributed by atoms with Crippen molar-refractivity contribution in [2.75, 3.05) is 13.1 Å². The summed E-state index contributed by atoms with van der Waals surface area (Å²) in [5, 5.41) is 6.88. The third-order valence-corrected chi connectivity index (χ3v) is 8.10. The molecule has 1 saturated heterocycles. The van der Waals surface area contributed by atoms with Crippen molar-refractivity contribution in [1.29, 1.82) is 0 Å². The topological polar surface area (TPSA) is 121 Å². The maximum absolute atomic E-state index is 13.2. The van der Waals surface area contributed by atoms with Gasteiger partial charge < -0.3 is 14.8 Å². The van der Waals surface area contributed by atoms with Crippen molar-refractivity contribution in [3.8, 4) is 0 Å². The van der Waals surface area contributed by atoms with Gasteiger partial charge >= 0.3 is 0 Å². The zero-order chi connectivity index (χ0) is 23.0. The number of piperidine rings is 1. The van der Waals surface area contributed by atoms with Gasteiger partial charge in [0.2, 0.25) is 15.9 Å². The van der Waals surface area contributed by atoms with Gasteiger partial charge in [0.15, 0.2) is 5.76 Å². The van der Waals surface area contributed by atoms with Crippen molar-refractivity contribution in [3.05, 3.63) is 41.5 Å². The van der Waals surface area contributed by atoms with E-state index in [1.54, 1.807) is 13.8 Å². The van der Waals surface area contributed by atoms with E-state index in [-0.39, 0.29) is 35.1 Å². The fourth-order valence-corrected chi connectivity index (χ4v) is 6.10. The van der Waals surface area contributed by atoms with Crippen LogP contribution in [0.5, 0.6) is 0 Å². The van der Waals surface area contributed by atoms with Crippen LogP contribution in [0.1, 0.15) is 50.0 Å². The third kappa shape index (κ3) is 4.16. The molecule has 1 aliphatic heterocycles. The first-order valence-corrected chi connectivity index (χ1v) is 12.3. The van der Waals surface area contributed by atoms with Crippen molar-refractivity contribution in [2.24, 2.45) is 11.8 Å². The van der Waals surface area contributed by atoms with Gasteiger partial charge in [0.25, 0.3) is 0 Å². The van der Waals surface area contributed by atoms with E-state index in [1.165, 1.54) is 4.31 Å². The van der Waals surface area contributed by atoms with Gasteiger partial charge in [0.1, 0.15) is 16.4 Å². The number of hydrogen-bond acceptors (Lipinski definition) is 6. The smallest absolute Gasteiger partial charge is 0.248 e. The fraction of sp³-hybridized carbons (Fsp3) is 0.500. The number of nitrogens with zero attached hydrogens (tertiary/aromatic N) is 3. The average Bonchev–Trinajstić information content (AvgIpc) is 3.34. The summed E-state index contributed by atoms with van der Waals surface area (Å²) in [4.78, 5) is 21.2. The quantitative estimate of drug-likeness (QED) is 0.584. The molecule has 0 saturated carbocycles. The number of aryl methyl sites for hydroxylation is 2. The number of carbonyl (C=O) groups excluding carboxylic acids is 1. The van der Waals surface area contributed by atoms with Crippen molar-refractivity contribution in [3.63, 3.8) is 0 Å². The van der Waals surface area contributed by atoms with Crippen molar-refractivity contribution >= 4 is 27.0 Å². The van der Waals surface area contributed by atoms with Gasteiger partial charge in [0, 0.05) is 13.1 Å². The second-order valence-corrected chi connectivity index (χ2v) is 10.6. The number of nitrogens with one attached hydrogen (secondary N) is 2. The Morgan fingerprint density at radius 3 is 2.69 bits per heavy atom. The van der Waals surface area contributed by atoms with Gasteiger partial charge in [-0.2, -0.15) is 4.31 Å². The predicted octanol–water partition coefficient (Wildman–Crippen LogP) is 3.08. The summed E-state index contributed by atoms with van der Waals surface area (Å²) in [6.45, 7) is 7.73. The number of benzene rings is 1. The average molecular weight is 460 g/mol. The highest BCUT2D eigenvalue weighted by atomic mass is 32.2. The van der Waals surface area contributed by atoms with Crippen LogP contribution in [0.25, 0.3) is 11.0 Å². The van der Waals surface area contributed by atoms with Gasteiger partial charge in [-0.15, -0.1) is 0 Å². The van der Waals surface area contributed by atoms with Gasteiger partial charge in [-0.25, -0.2) is 13.4 Å². The van der Waals surface area contributed by atoms with Crippen molar-refractivity contribution < 1.29 is 17.7 Å². The van der Waals surface area contributed by atoms with Crippen molar-refractivity contribution in [1.82, 2.24) is 24.7 Å². The molecule has 2 N–H and O–H groups in total. The first kappa shape index (κ1) is 22.5. The van der Waals surface area contributed by atoms with E-state index in [4.69, 9.17) is 4.52 Å². The van der Waals surface area contributed by atoms with E-state index in [2.05, 4.69) is 20.4 Å². The van der Waals surface area contributed by atoms with Crippen molar-refractivity contribution in [2.45, 2.75) is 51.5 Å². The molecule has 2 atom stereocenters. The maximum Gasteiger partial charge on any atom is 0.248 e. The second-order valence-electron chi connectivity index (χ2n) is 8.72. The zero-order valence-corrected chi connectivity index (χ0v) is 19.6. The number of aromatic nitrogens is 3. The van der Waals surface area contributed by atoms with E-state index in [0.29, 0.717) is 30.9 Å². The Morgan fingerprint density at radius 1 is 1.28 bits per heavy atom. The summed E-state index contributed by atoms with van der Waals surface area (Å²) in [5.74, 6) is 0.460. The van der Waals surface area contributed by atoms with Crippen LogP contribution >= 0.6 is 0 Å². The molecule has 172 valence electrons. The lowest BCUT2D eigenvalue weighted by molar-refractivity contribution is -0.127. The summed E-state index contributed by atoms with van der Waals surface area (Å²) in [5.41, 5.74) is 2.09. The Balaban J connectivity index is 1.52. The molecule has 32 heavy (non-hydrogen) atoms. The molecule has 1 aliphatic rings. The third-order valence-electron chi connectivity index (χ3n) is 5.99. The van der Waals surface area contributed by atoms with Crippen LogP contribution in [0.15, 0.2) is 33.7 Å². The fourth-order valence-electron chi connectivity index (χ4n) is 4.29. The Morgan fingerprint density at radius 2 is 2.03 bits per heavy atom. The summed E-state index contributed by atoms with van der Waals surface area (Å²) in [7, 11) is -3.78. The molecule has 9 nitrogen and oxygen atoms in total. The Bertz CT molecular complexity index is 1180. The van der Waals surface area contributed by atoms with Crippen LogP contribution in [-0.4, -0.2) is 46.8 Å². The lowest BCUT2D eigenvalue weighted by Gasteiger charge is -2.32. The molecule has 0 spiro atoms. The lowest BCUT2D eigenvalue weighted by Crippen LogP contribution is -2.46. The first-order chi connectivity index (χ1) is 15.2. The van der Waals surface area contributed by atoms with Crippen LogP contribution in [0.4, 0.5) is 0 Å². The molecule has 3 aromatic rings. The SMILES string of the molecule is Cc1noc(C)c1S(=O)(=O)N1CCCC(C(=O)N[C@H](c2nc3ccccc3[nH]2)C(C)C)C1. The molecule has 10 heteroatoms. The standard InChI is InChI=1S/C22H29N5O4S/c1-13(2)19(21-23-17-9-5-6-10-18(17)24-21)25-22(28)16-8-7-11-27(12-16)32(29,30)20-14(3)26-31-15(20)4/h5-6,9-10,13,16,19H,7-8,11-12H2,1-4H3,(H,23,24)(H,25,28)/t16?,19-/m0/s1. The number of carbonyl (C=O) groups is 1. The molecular weight excluding hydrogens is 430 g/mol. The van der Waals surface area contributed by atoms with Gasteiger partial charge in [-0.3, -0.25) is 4.79 Å². The largest absolute Gasteiger partial charge is 0.360 e. The predicted molar refractivity (Wildman–Crippen MR) is 119 cm³/mol. The molecular formula is C22H29N5O4S. The monoisotopic (exact) mass is 459 g/mol. The van der Waals surface area contributed by atoms with Crippen LogP contribution < -0.4 is 5.32 Å². The van der Waals surface area contributed by atoms with Crippen LogP contribution in [0.3, 0.4) is 0 Å². The van der Waals surface area contributed by atoms with Gasteiger partial charge in [-0.05, 0) is 44.7 Å². The number of imidazole rings is 1. The number of para-hydroxylation sites is 2. The normalized spacial score (nSPS) is 18.8. The Kier molecular flexibility index (Phi) is 6.09. The zero-order valence-electron chi connectivity index (χ0n) is 18.8. The second kappa shape index (κ2) is 8.67. The molecule has 1 aromatic carbocycles.